The molecule has 144 valence electrons. The fourth-order valence-corrected chi connectivity index (χ4v) is 4.31. The van der Waals surface area contributed by atoms with Crippen LogP contribution in [0.5, 0.6) is 11.5 Å². The minimum absolute atomic E-state index is 0.0658. The molecule has 6 heteroatoms. The second-order valence-electron chi connectivity index (χ2n) is 6.77. The predicted octanol–water partition coefficient (Wildman–Crippen LogP) is 5.11. The van der Waals surface area contributed by atoms with E-state index in [9.17, 15) is 4.79 Å². The zero-order valence-corrected chi connectivity index (χ0v) is 17.0. The van der Waals surface area contributed by atoms with E-state index in [0.29, 0.717) is 12.5 Å². The monoisotopic (exact) mass is 386 g/mol. The molecule has 0 unspecified atom stereocenters. The summed E-state index contributed by atoms with van der Waals surface area (Å²) in [6.07, 6.45) is 0. The molecule has 1 aliphatic rings. The number of nitrogens with zero attached hydrogens (tertiary/aromatic N) is 1. The summed E-state index contributed by atoms with van der Waals surface area (Å²) in [4.78, 5) is 14.7. The maximum atomic E-state index is 12.9. The SMILES string of the molecule is COc1cc(OC)cc([C@@H]2SCCN2C(=O)Nc2ccc(C(C)C)cc2)c1. The summed E-state index contributed by atoms with van der Waals surface area (Å²) in [5, 5.41) is 2.95. The van der Waals surface area contributed by atoms with E-state index in [0.717, 1.165) is 28.5 Å². The van der Waals surface area contributed by atoms with Crippen molar-refractivity contribution < 1.29 is 14.3 Å². The van der Waals surface area contributed by atoms with Crippen molar-refractivity contribution in [2.75, 3.05) is 31.8 Å². The summed E-state index contributed by atoms with van der Waals surface area (Å²) in [6, 6.07) is 13.7. The van der Waals surface area contributed by atoms with Crippen LogP contribution in [-0.2, 0) is 0 Å². The summed E-state index contributed by atoms with van der Waals surface area (Å²) >= 11 is 1.74. The molecule has 2 aromatic rings. The summed E-state index contributed by atoms with van der Waals surface area (Å²) < 4.78 is 10.7. The smallest absolute Gasteiger partial charge is 0.323 e. The van der Waals surface area contributed by atoms with Crippen LogP contribution in [-0.4, -0.2) is 37.4 Å². The van der Waals surface area contributed by atoms with E-state index in [-0.39, 0.29) is 11.4 Å². The van der Waals surface area contributed by atoms with Gasteiger partial charge in [-0.25, -0.2) is 4.79 Å². The Balaban J connectivity index is 1.76. The van der Waals surface area contributed by atoms with Gasteiger partial charge in [-0.05, 0) is 41.3 Å². The Labute approximate surface area is 165 Å². The highest BCUT2D eigenvalue weighted by atomic mass is 32.2. The van der Waals surface area contributed by atoms with Crippen molar-refractivity contribution in [3.63, 3.8) is 0 Å². The van der Waals surface area contributed by atoms with Gasteiger partial charge in [-0.2, -0.15) is 0 Å². The van der Waals surface area contributed by atoms with Crippen molar-refractivity contribution in [3.05, 3.63) is 53.6 Å². The van der Waals surface area contributed by atoms with Crippen LogP contribution in [0.15, 0.2) is 42.5 Å². The number of thioether (sulfide) groups is 1. The number of rotatable bonds is 5. The minimum Gasteiger partial charge on any atom is -0.497 e. The van der Waals surface area contributed by atoms with E-state index < -0.39 is 0 Å². The molecule has 1 fully saturated rings. The topological polar surface area (TPSA) is 50.8 Å². The predicted molar refractivity (Wildman–Crippen MR) is 111 cm³/mol. The molecule has 1 aliphatic heterocycles. The summed E-state index contributed by atoms with van der Waals surface area (Å²) in [6.45, 7) is 5.01. The van der Waals surface area contributed by atoms with Crippen molar-refractivity contribution in [1.82, 2.24) is 4.90 Å². The van der Waals surface area contributed by atoms with Crippen LogP contribution in [0.4, 0.5) is 10.5 Å². The maximum absolute atomic E-state index is 12.9. The first-order valence-corrected chi connectivity index (χ1v) is 10.1. The molecule has 2 aromatic carbocycles. The van der Waals surface area contributed by atoms with E-state index in [1.807, 2.05) is 35.2 Å². The number of hydrogen-bond acceptors (Lipinski definition) is 4. The molecule has 0 saturated carbocycles. The lowest BCUT2D eigenvalue weighted by molar-refractivity contribution is 0.214. The summed E-state index contributed by atoms with van der Waals surface area (Å²) in [5.74, 6) is 2.81. The average Bonchev–Trinajstić information content (AvgIpc) is 3.18. The van der Waals surface area contributed by atoms with Crippen LogP contribution < -0.4 is 14.8 Å². The van der Waals surface area contributed by atoms with Crippen molar-refractivity contribution in [2.45, 2.75) is 25.1 Å². The van der Waals surface area contributed by atoms with Gasteiger partial charge in [-0.15, -0.1) is 11.8 Å². The zero-order valence-electron chi connectivity index (χ0n) is 16.2. The van der Waals surface area contributed by atoms with E-state index in [4.69, 9.17) is 9.47 Å². The van der Waals surface area contributed by atoms with Crippen LogP contribution in [0, 0.1) is 0 Å². The third-order valence-corrected chi connectivity index (χ3v) is 5.90. The Morgan fingerprint density at radius 3 is 2.30 bits per heavy atom. The lowest BCUT2D eigenvalue weighted by atomic mass is 10.0. The molecule has 0 aromatic heterocycles. The van der Waals surface area contributed by atoms with E-state index in [1.165, 1.54) is 5.56 Å². The van der Waals surface area contributed by atoms with Gasteiger partial charge in [0.2, 0.25) is 0 Å². The number of carbonyl (C=O) groups is 1. The Morgan fingerprint density at radius 1 is 1.11 bits per heavy atom. The molecular weight excluding hydrogens is 360 g/mol. The van der Waals surface area contributed by atoms with Crippen LogP contribution in [0.3, 0.4) is 0 Å². The number of methoxy groups -OCH3 is 2. The van der Waals surface area contributed by atoms with Gasteiger partial charge in [0.15, 0.2) is 0 Å². The normalized spacial score (nSPS) is 16.5. The molecule has 27 heavy (non-hydrogen) atoms. The van der Waals surface area contributed by atoms with Gasteiger partial charge in [-0.3, -0.25) is 0 Å². The summed E-state index contributed by atoms with van der Waals surface area (Å²) in [5.41, 5.74) is 3.06. The van der Waals surface area contributed by atoms with Crippen LogP contribution in [0.25, 0.3) is 0 Å². The first-order chi connectivity index (χ1) is 13.0. The lowest BCUT2D eigenvalue weighted by Gasteiger charge is -2.25. The maximum Gasteiger partial charge on any atom is 0.323 e. The van der Waals surface area contributed by atoms with Gasteiger partial charge in [0.25, 0.3) is 0 Å². The van der Waals surface area contributed by atoms with Crippen molar-refractivity contribution in [1.29, 1.82) is 0 Å². The number of urea groups is 1. The first-order valence-electron chi connectivity index (χ1n) is 9.04. The Kier molecular flexibility index (Phi) is 6.16. The molecular formula is C21H26N2O3S. The molecule has 1 N–H and O–H groups in total. The third kappa shape index (κ3) is 4.50. The van der Waals surface area contributed by atoms with Gasteiger partial charge in [0, 0.05) is 24.1 Å². The van der Waals surface area contributed by atoms with Gasteiger partial charge < -0.3 is 19.7 Å². The quantitative estimate of drug-likeness (QED) is 0.776. The Bertz CT molecular complexity index is 770. The van der Waals surface area contributed by atoms with E-state index in [1.54, 1.807) is 26.0 Å². The Hall–Kier alpha value is -2.34. The fraction of sp³-hybridized carbons (Fsp3) is 0.381. The molecule has 1 saturated heterocycles. The molecule has 0 radical (unpaired) electrons. The number of amides is 2. The van der Waals surface area contributed by atoms with Gasteiger partial charge in [0.1, 0.15) is 16.9 Å². The molecule has 0 spiro atoms. The molecule has 0 bridgehead atoms. The molecule has 5 nitrogen and oxygen atoms in total. The van der Waals surface area contributed by atoms with Crippen molar-refractivity contribution >= 4 is 23.5 Å². The van der Waals surface area contributed by atoms with Gasteiger partial charge >= 0.3 is 6.03 Å². The fourth-order valence-electron chi connectivity index (χ4n) is 3.07. The third-order valence-electron chi connectivity index (χ3n) is 4.64. The number of anilines is 1. The van der Waals surface area contributed by atoms with Crippen LogP contribution >= 0.6 is 11.8 Å². The lowest BCUT2D eigenvalue weighted by Crippen LogP contribution is -2.34. The second-order valence-corrected chi connectivity index (χ2v) is 7.96. The summed E-state index contributed by atoms with van der Waals surface area (Å²) in [7, 11) is 3.26. The standard InChI is InChI=1S/C21H26N2O3S/c1-14(2)15-5-7-17(8-6-15)22-21(24)23-9-10-27-20(23)16-11-18(25-3)13-19(12-16)26-4/h5-8,11-14,20H,9-10H2,1-4H3,(H,22,24)/t20-/m0/s1. The molecule has 1 atom stereocenters. The number of hydrogen-bond donors (Lipinski definition) is 1. The van der Waals surface area contributed by atoms with E-state index in [2.05, 4.69) is 31.3 Å². The average molecular weight is 387 g/mol. The number of benzene rings is 2. The zero-order chi connectivity index (χ0) is 19.4. The molecule has 1 heterocycles. The number of carbonyl (C=O) groups excluding carboxylic acids is 1. The van der Waals surface area contributed by atoms with Crippen LogP contribution in [0.1, 0.15) is 36.3 Å². The highest BCUT2D eigenvalue weighted by Crippen LogP contribution is 2.40. The van der Waals surface area contributed by atoms with Crippen molar-refractivity contribution in [3.8, 4) is 11.5 Å². The van der Waals surface area contributed by atoms with Crippen molar-refractivity contribution in [2.24, 2.45) is 0 Å². The van der Waals surface area contributed by atoms with Gasteiger partial charge in [-0.1, -0.05) is 26.0 Å². The molecule has 2 amide bonds. The first kappa shape index (κ1) is 19.4. The number of ether oxygens (including phenoxy) is 2. The highest BCUT2D eigenvalue weighted by molar-refractivity contribution is 7.99. The largest absolute Gasteiger partial charge is 0.497 e. The van der Waals surface area contributed by atoms with Crippen LogP contribution in [0.2, 0.25) is 0 Å². The second kappa shape index (κ2) is 8.57. The minimum atomic E-state index is -0.0934. The molecule has 0 aliphatic carbocycles. The molecule has 3 rings (SSSR count). The Morgan fingerprint density at radius 2 is 1.74 bits per heavy atom. The van der Waals surface area contributed by atoms with E-state index >= 15 is 0 Å². The van der Waals surface area contributed by atoms with Gasteiger partial charge in [0.05, 0.1) is 14.2 Å². The highest BCUT2D eigenvalue weighted by Gasteiger charge is 2.31. The number of nitrogens with one attached hydrogen (secondary N) is 1.